The van der Waals surface area contributed by atoms with E-state index in [4.69, 9.17) is 11.6 Å². The Bertz CT molecular complexity index is 374. The number of halogens is 2. The van der Waals surface area contributed by atoms with Crippen molar-refractivity contribution in [3.8, 4) is 0 Å². The van der Waals surface area contributed by atoms with Gasteiger partial charge in [-0.25, -0.2) is 4.98 Å². The summed E-state index contributed by atoms with van der Waals surface area (Å²) in [7, 11) is 0. The number of aromatic nitrogens is 1. The van der Waals surface area contributed by atoms with Crippen molar-refractivity contribution in [2.45, 2.75) is 39.5 Å². The number of alkyl halides is 1. The predicted octanol–water partition coefficient (Wildman–Crippen LogP) is 4.61. The van der Waals surface area contributed by atoms with Crippen LogP contribution in [0, 0.1) is 12.3 Å². The molecule has 0 spiro atoms. The molecule has 0 saturated heterocycles. The molecule has 1 heterocycles. The number of hydrogen-bond acceptors (Lipinski definition) is 2. The summed E-state index contributed by atoms with van der Waals surface area (Å²) >= 11 is 9.70. The topological polar surface area (TPSA) is 24.9 Å². The van der Waals surface area contributed by atoms with Crippen LogP contribution in [0.15, 0.2) is 16.7 Å². The van der Waals surface area contributed by atoms with Crippen LogP contribution in [0.2, 0.25) is 0 Å². The third-order valence-electron chi connectivity index (χ3n) is 2.37. The van der Waals surface area contributed by atoms with Crippen molar-refractivity contribution in [1.82, 2.24) is 4.98 Å². The van der Waals surface area contributed by atoms with E-state index in [-0.39, 0.29) is 10.8 Å². The van der Waals surface area contributed by atoms with Crippen molar-refractivity contribution in [3.63, 3.8) is 0 Å². The van der Waals surface area contributed by atoms with Crippen LogP contribution in [0.3, 0.4) is 0 Å². The summed E-state index contributed by atoms with van der Waals surface area (Å²) < 4.78 is 0.998. The Morgan fingerprint density at radius 3 is 2.65 bits per heavy atom. The second-order valence-electron chi connectivity index (χ2n) is 5.56. The van der Waals surface area contributed by atoms with Crippen LogP contribution in [-0.4, -0.2) is 16.9 Å². The third kappa shape index (κ3) is 5.73. The minimum atomic E-state index is 0.125. The summed E-state index contributed by atoms with van der Waals surface area (Å²) in [6, 6.07) is 2.04. The fourth-order valence-electron chi connectivity index (χ4n) is 1.67. The maximum absolute atomic E-state index is 6.30. The van der Waals surface area contributed by atoms with Gasteiger partial charge in [-0.05, 0) is 46.3 Å². The lowest BCUT2D eigenvalue weighted by Gasteiger charge is -2.22. The summed E-state index contributed by atoms with van der Waals surface area (Å²) in [6.07, 6.45) is 2.78. The van der Waals surface area contributed by atoms with Crippen molar-refractivity contribution in [2.24, 2.45) is 5.41 Å². The third-order valence-corrected chi connectivity index (χ3v) is 3.11. The van der Waals surface area contributed by atoms with Crippen molar-refractivity contribution >= 4 is 33.3 Å². The highest BCUT2D eigenvalue weighted by molar-refractivity contribution is 9.10. The number of nitrogens with one attached hydrogen (secondary N) is 1. The van der Waals surface area contributed by atoms with Crippen LogP contribution in [0.25, 0.3) is 0 Å². The Labute approximate surface area is 117 Å². The van der Waals surface area contributed by atoms with Gasteiger partial charge in [0.15, 0.2) is 0 Å². The average molecular weight is 320 g/mol. The van der Waals surface area contributed by atoms with E-state index in [0.717, 1.165) is 28.8 Å². The molecule has 0 aromatic carbocycles. The number of hydrogen-bond donors (Lipinski definition) is 1. The molecule has 2 nitrogen and oxygen atoms in total. The minimum Gasteiger partial charge on any atom is -0.368 e. The van der Waals surface area contributed by atoms with Gasteiger partial charge < -0.3 is 5.32 Å². The molecule has 1 atom stereocenters. The van der Waals surface area contributed by atoms with E-state index in [1.54, 1.807) is 6.20 Å². The Morgan fingerprint density at radius 2 is 2.12 bits per heavy atom. The van der Waals surface area contributed by atoms with Crippen LogP contribution in [0.5, 0.6) is 0 Å². The van der Waals surface area contributed by atoms with Crippen LogP contribution in [0.4, 0.5) is 5.82 Å². The number of nitrogens with zero attached hydrogens (tertiary/aromatic N) is 1. The highest BCUT2D eigenvalue weighted by Gasteiger charge is 2.16. The zero-order valence-corrected chi connectivity index (χ0v) is 13.2. The smallest absolute Gasteiger partial charge is 0.128 e. The summed E-state index contributed by atoms with van der Waals surface area (Å²) in [5.41, 5.74) is 1.38. The summed E-state index contributed by atoms with van der Waals surface area (Å²) in [4.78, 5) is 4.33. The van der Waals surface area contributed by atoms with Gasteiger partial charge in [0.1, 0.15) is 5.82 Å². The zero-order chi connectivity index (χ0) is 13.1. The molecule has 1 rings (SSSR count). The van der Waals surface area contributed by atoms with E-state index in [2.05, 4.69) is 47.0 Å². The summed E-state index contributed by atoms with van der Waals surface area (Å²) in [5, 5.41) is 3.42. The van der Waals surface area contributed by atoms with E-state index in [9.17, 15) is 0 Å². The standard InChI is InChI=1S/C13H20BrClN2/c1-9-5-10(14)7-16-12(9)17-8-11(15)6-13(2,3)4/h5,7,11H,6,8H2,1-4H3,(H,16,17). The first-order chi connectivity index (χ1) is 7.78. The molecule has 0 amide bonds. The Balaban J connectivity index is 2.50. The predicted molar refractivity (Wildman–Crippen MR) is 78.9 cm³/mol. The van der Waals surface area contributed by atoms with Gasteiger partial charge in [-0.2, -0.15) is 0 Å². The summed E-state index contributed by atoms with van der Waals surface area (Å²) in [6.45, 7) is 9.38. The number of rotatable bonds is 4. The quantitative estimate of drug-likeness (QED) is 0.820. The molecule has 0 aliphatic carbocycles. The van der Waals surface area contributed by atoms with Crippen LogP contribution >= 0.6 is 27.5 Å². The Hall–Kier alpha value is -0.280. The van der Waals surface area contributed by atoms with Gasteiger partial charge in [-0.3, -0.25) is 0 Å². The Kier molecular flexibility index (Phi) is 5.26. The van der Waals surface area contributed by atoms with Crippen molar-refractivity contribution in [2.75, 3.05) is 11.9 Å². The number of anilines is 1. The monoisotopic (exact) mass is 318 g/mol. The molecule has 1 aromatic heterocycles. The Morgan fingerprint density at radius 1 is 1.47 bits per heavy atom. The lowest BCUT2D eigenvalue weighted by Crippen LogP contribution is -2.21. The molecule has 0 fully saturated rings. The second kappa shape index (κ2) is 6.05. The molecule has 4 heteroatoms. The van der Waals surface area contributed by atoms with Gasteiger partial charge in [-0.15, -0.1) is 11.6 Å². The van der Waals surface area contributed by atoms with Gasteiger partial charge in [0.2, 0.25) is 0 Å². The van der Waals surface area contributed by atoms with E-state index in [0.29, 0.717) is 0 Å². The molecule has 1 aromatic rings. The van der Waals surface area contributed by atoms with Crippen molar-refractivity contribution in [3.05, 3.63) is 22.3 Å². The molecule has 1 N–H and O–H groups in total. The van der Waals surface area contributed by atoms with Gasteiger partial charge in [0.25, 0.3) is 0 Å². The fraction of sp³-hybridized carbons (Fsp3) is 0.615. The van der Waals surface area contributed by atoms with Gasteiger partial charge in [-0.1, -0.05) is 20.8 Å². The molecule has 96 valence electrons. The van der Waals surface area contributed by atoms with Crippen molar-refractivity contribution < 1.29 is 0 Å². The lowest BCUT2D eigenvalue weighted by atomic mass is 9.90. The minimum absolute atomic E-state index is 0.125. The molecular formula is C13H20BrClN2. The van der Waals surface area contributed by atoms with E-state index in [1.807, 2.05) is 13.0 Å². The van der Waals surface area contributed by atoms with Crippen LogP contribution in [-0.2, 0) is 0 Å². The molecule has 0 bridgehead atoms. The molecule has 1 unspecified atom stereocenters. The molecule has 0 aliphatic heterocycles. The first-order valence-corrected chi connectivity index (χ1v) is 7.01. The highest BCUT2D eigenvalue weighted by Crippen LogP contribution is 2.24. The molecule has 0 radical (unpaired) electrons. The molecular weight excluding hydrogens is 300 g/mol. The fourth-order valence-corrected chi connectivity index (χ4v) is 2.66. The van der Waals surface area contributed by atoms with Gasteiger partial charge >= 0.3 is 0 Å². The lowest BCUT2D eigenvalue weighted by molar-refractivity contribution is 0.373. The van der Waals surface area contributed by atoms with E-state index in [1.165, 1.54) is 0 Å². The van der Waals surface area contributed by atoms with Crippen LogP contribution < -0.4 is 5.32 Å². The first-order valence-electron chi connectivity index (χ1n) is 5.78. The molecule has 17 heavy (non-hydrogen) atoms. The average Bonchev–Trinajstić information content (AvgIpc) is 2.13. The van der Waals surface area contributed by atoms with Gasteiger partial charge in [0, 0.05) is 17.2 Å². The summed E-state index contributed by atoms with van der Waals surface area (Å²) in [5.74, 6) is 0.910. The highest BCUT2D eigenvalue weighted by atomic mass is 79.9. The zero-order valence-electron chi connectivity index (χ0n) is 10.8. The number of aryl methyl sites for hydroxylation is 1. The normalized spacial score (nSPS) is 13.5. The molecule has 0 aliphatic rings. The van der Waals surface area contributed by atoms with Crippen molar-refractivity contribution in [1.29, 1.82) is 0 Å². The van der Waals surface area contributed by atoms with Gasteiger partial charge in [0.05, 0.1) is 5.38 Å². The second-order valence-corrected chi connectivity index (χ2v) is 7.09. The van der Waals surface area contributed by atoms with E-state index < -0.39 is 0 Å². The maximum Gasteiger partial charge on any atom is 0.128 e. The molecule has 0 saturated carbocycles. The SMILES string of the molecule is Cc1cc(Br)cnc1NCC(Cl)CC(C)(C)C. The van der Waals surface area contributed by atoms with E-state index >= 15 is 0 Å². The largest absolute Gasteiger partial charge is 0.368 e. The maximum atomic E-state index is 6.30. The van der Waals surface area contributed by atoms with Crippen LogP contribution in [0.1, 0.15) is 32.8 Å². The first kappa shape index (κ1) is 14.8. The number of pyridine rings is 1.